The lowest BCUT2D eigenvalue weighted by Gasteiger charge is -2.14. The fourth-order valence-electron chi connectivity index (χ4n) is 1.63. The van der Waals surface area contributed by atoms with Gasteiger partial charge >= 0.3 is 0 Å². The van der Waals surface area contributed by atoms with E-state index in [-0.39, 0.29) is 0 Å². The summed E-state index contributed by atoms with van der Waals surface area (Å²) in [5, 5.41) is 3.38. The highest BCUT2D eigenvalue weighted by Crippen LogP contribution is 2.18. The second-order valence-corrected chi connectivity index (χ2v) is 4.73. The summed E-state index contributed by atoms with van der Waals surface area (Å²) in [6.45, 7) is 14.1. The van der Waals surface area contributed by atoms with Crippen molar-refractivity contribution in [3.63, 3.8) is 0 Å². The van der Waals surface area contributed by atoms with Crippen LogP contribution in [0.1, 0.15) is 31.9 Å². The summed E-state index contributed by atoms with van der Waals surface area (Å²) in [6, 6.07) is 6.34. The first kappa shape index (κ1) is 14.2. The summed E-state index contributed by atoms with van der Waals surface area (Å²) in [4.78, 5) is 4.32. The molecule has 0 saturated carbocycles. The monoisotopic (exact) mass is 242 g/mol. The maximum atomic E-state index is 4.32. The minimum absolute atomic E-state index is 0.858. The van der Waals surface area contributed by atoms with Gasteiger partial charge in [0.15, 0.2) is 0 Å². The Balaban J connectivity index is 3.09. The Labute approximate surface area is 110 Å². The van der Waals surface area contributed by atoms with Crippen molar-refractivity contribution in [2.24, 2.45) is 4.99 Å². The number of hydrogen-bond donors (Lipinski definition) is 1. The number of amidine groups is 1. The van der Waals surface area contributed by atoms with Gasteiger partial charge in [-0.3, -0.25) is 0 Å². The van der Waals surface area contributed by atoms with Gasteiger partial charge in [-0.1, -0.05) is 29.8 Å². The molecular formula is C16H22N2. The smallest absolute Gasteiger partial charge is 0.133 e. The van der Waals surface area contributed by atoms with Crippen LogP contribution >= 0.6 is 0 Å². The zero-order valence-electron chi connectivity index (χ0n) is 12.0. The molecule has 0 atom stereocenters. The lowest BCUT2D eigenvalue weighted by Crippen LogP contribution is -2.15. The average molecular weight is 242 g/mol. The SMILES string of the molecule is C=C/N=C(/Nc1ccc(C)cc1C)C(C)=C(C)C. The van der Waals surface area contributed by atoms with Crippen molar-refractivity contribution in [2.75, 3.05) is 5.32 Å². The number of nitrogens with zero attached hydrogens (tertiary/aromatic N) is 1. The van der Waals surface area contributed by atoms with Crippen molar-refractivity contribution in [1.82, 2.24) is 0 Å². The van der Waals surface area contributed by atoms with Crippen molar-refractivity contribution in [3.05, 3.63) is 53.3 Å². The summed E-state index contributed by atoms with van der Waals surface area (Å²) in [5.74, 6) is 0.858. The van der Waals surface area contributed by atoms with Crippen molar-refractivity contribution < 1.29 is 0 Å². The predicted octanol–water partition coefficient (Wildman–Crippen LogP) is 4.61. The molecular weight excluding hydrogens is 220 g/mol. The van der Waals surface area contributed by atoms with Crippen LogP contribution in [0.2, 0.25) is 0 Å². The molecule has 1 N–H and O–H groups in total. The molecule has 0 aliphatic carbocycles. The summed E-state index contributed by atoms with van der Waals surface area (Å²) < 4.78 is 0. The van der Waals surface area contributed by atoms with E-state index in [1.165, 1.54) is 16.7 Å². The largest absolute Gasteiger partial charge is 0.340 e. The van der Waals surface area contributed by atoms with E-state index in [1.807, 2.05) is 0 Å². The second-order valence-electron chi connectivity index (χ2n) is 4.73. The minimum Gasteiger partial charge on any atom is -0.340 e. The van der Waals surface area contributed by atoms with E-state index in [2.05, 4.69) is 69.7 Å². The molecule has 1 aromatic carbocycles. The Morgan fingerprint density at radius 1 is 1.22 bits per heavy atom. The number of rotatable bonds is 3. The van der Waals surface area contributed by atoms with E-state index in [0.29, 0.717) is 0 Å². The number of nitrogens with one attached hydrogen (secondary N) is 1. The zero-order valence-corrected chi connectivity index (χ0v) is 12.0. The van der Waals surface area contributed by atoms with Gasteiger partial charge in [-0.15, -0.1) is 0 Å². The van der Waals surface area contributed by atoms with Crippen molar-refractivity contribution >= 4 is 11.5 Å². The molecule has 0 aliphatic rings. The maximum Gasteiger partial charge on any atom is 0.133 e. The van der Waals surface area contributed by atoms with Crippen LogP contribution in [0.5, 0.6) is 0 Å². The van der Waals surface area contributed by atoms with Crippen LogP contribution in [0, 0.1) is 13.8 Å². The van der Waals surface area contributed by atoms with Gasteiger partial charge in [-0.2, -0.15) is 0 Å². The maximum absolute atomic E-state index is 4.32. The van der Waals surface area contributed by atoms with Crippen molar-refractivity contribution in [3.8, 4) is 0 Å². The second kappa shape index (κ2) is 6.20. The van der Waals surface area contributed by atoms with E-state index in [0.717, 1.165) is 17.1 Å². The molecule has 0 saturated heterocycles. The van der Waals surface area contributed by atoms with E-state index in [4.69, 9.17) is 0 Å². The number of aliphatic imine (C=N–C) groups is 1. The summed E-state index contributed by atoms with van der Waals surface area (Å²) in [7, 11) is 0. The molecule has 1 aromatic rings. The highest BCUT2D eigenvalue weighted by Gasteiger charge is 2.06. The van der Waals surface area contributed by atoms with Gasteiger partial charge in [0, 0.05) is 11.9 Å². The molecule has 0 heterocycles. The van der Waals surface area contributed by atoms with E-state index < -0.39 is 0 Å². The summed E-state index contributed by atoms with van der Waals surface area (Å²) in [5.41, 5.74) is 5.96. The number of allylic oxidation sites excluding steroid dienone is 1. The highest BCUT2D eigenvalue weighted by atomic mass is 15.0. The lowest BCUT2D eigenvalue weighted by molar-refractivity contribution is 1.29. The first-order valence-electron chi connectivity index (χ1n) is 6.13. The van der Waals surface area contributed by atoms with Gasteiger partial charge in [0.05, 0.1) is 0 Å². The Hall–Kier alpha value is -1.83. The number of hydrogen-bond acceptors (Lipinski definition) is 1. The van der Waals surface area contributed by atoms with Gasteiger partial charge in [-0.25, -0.2) is 4.99 Å². The van der Waals surface area contributed by atoms with Crippen LogP contribution < -0.4 is 5.32 Å². The molecule has 18 heavy (non-hydrogen) atoms. The topological polar surface area (TPSA) is 24.4 Å². The molecule has 0 fully saturated rings. The lowest BCUT2D eigenvalue weighted by atomic mass is 10.1. The van der Waals surface area contributed by atoms with Gasteiger partial charge in [0.25, 0.3) is 0 Å². The average Bonchev–Trinajstić information content (AvgIpc) is 2.30. The van der Waals surface area contributed by atoms with Gasteiger partial charge < -0.3 is 5.32 Å². The van der Waals surface area contributed by atoms with Crippen molar-refractivity contribution in [2.45, 2.75) is 34.6 Å². The zero-order chi connectivity index (χ0) is 13.7. The van der Waals surface area contributed by atoms with E-state index in [1.54, 1.807) is 6.20 Å². The molecule has 0 amide bonds. The molecule has 0 aliphatic heterocycles. The van der Waals surface area contributed by atoms with Crippen LogP contribution in [0.3, 0.4) is 0 Å². The van der Waals surface area contributed by atoms with Gasteiger partial charge in [0.1, 0.15) is 5.84 Å². The predicted molar refractivity (Wildman–Crippen MR) is 81.2 cm³/mol. The molecule has 0 spiro atoms. The molecule has 1 rings (SSSR count). The van der Waals surface area contributed by atoms with E-state index in [9.17, 15) is 0 Å². The molecule has 96 valence electrons. The summed E-state index contributed by atoms with van der Waals surface area (Å²) >= 11 is 0. The Bertz CT molecular complexity index is 504. The first-order valence-corrected chi connectivity index (χ1v) is 6.13. The molecule has 2 nitrogen and oxygen atoms in total. The number of anilines is 1. The Morgan fingerprint density at radius 2 is 1.89 bits per heavy atom. The molecule has 0 aromatic heterocycles. The Kier molecular flexibility index (Phi) is 4.90. The van der Waals surface area contributed by atoms with Gasteiger partial charge in [-0.05, 0) is 51.8 Å². The van der Waals surface area contributed by atoms with Crippen LogP contribution in [-0.4, -0.2) is 5.84 Å². The molecule has 0 unspecified atom stereocenters. The van der Waals surface area contributed by atoms with Crippen LogP contribution in [0.25, 0.3) is 0 Å². The first-order chi connectivity index (χ1) is 8.45. The number of benzene rings is 1. The minimum atomic E-state index is 0.858. The third kappa shape index (κ3) is 3.59. The quantitative estimate of drug-likeness (QED) is 0.607. The normalized spacial score (nSPS) is 11.1. The Morgan fingerprint density at radius 3 is 2.39 bits per heavy atom. The number of aryl methyl sites for hydroxylation is 2. The molecule has 0 radical (unpaired) electrons. The molecule has 2 heteroatoms. The van der Waals surface area contributed by atoms with Crippen LogP contribution in [0.15, 0.2) is 47.1 Å². The fraction of sp³-hybridized carbons (Fsp3) is 0.312. The molecule has 0 bridgehead atoms. The standard InChI is InChI=1S/C16H22N2/c1-7-17-16(14(6)11(2)3)18-15-9-8-12(4)10-13(15)5/h7-10H,1H2,2-6H3,(H,17,18). The van der Waals surface area contributed by atoms with Crippen LogP contribution in [0.4, 0.5) is 5.69 Å². The van der Waals surface area contributed by atoms with Crippen LogP contribution in [-0.2, 0) is 0 Å². The van der Waals surface area contributed by atoms with E-state index >= 15 is 0 Å². The van der Waals surface area contributed by atoms with Gasteiger partial charge in [0.2, 0.25) is 0 Å². The fourth-order valence-corrected chi connectivity index (χ4v) is 1.63. The third-order valence-corrected chi connectivity index (χ3v) is 2.96. The van der Waals surface area contributed by atoms with Crippen molar-refractivity contribution in [1.29, 1.82) is 0 Å². The highest BCUT2D eigenvalue weighted by molar-refractivity contribution is 6.08. The summed E-state index contributed by atoms with van der Waals surface area (Å²) in [6.07, 6.45) is 1.57. The third-order valence-electron chi connectivity index (χ3n) is 2.96.